The van der Waals surface area contributed by atoms with E-state index in [4.69, 9.17) is 0 Å². The number of carbonyl (C=O) groups excluding carboxylic acids is 1. The zero-order chi connectivity index (χ0) is 15.4. The third-order valence-electron chi connectivity index (χ3n) is 2.65. The van der Waals surface area contributed by atoms with Gasteiger partial charge in [-0.3, -0.25) is 15.6 Å². The molecule has 0 aromatic heterocycles. The van der Waals surface area contributed by atoms with Crippen molar-refractivity contribution in [2.24, 2.45) is 0 Å². The first-order chi connectivity index (χ1) is 9.99. The topological polar surface area (TPSA) is 41.1 Å². The van der Waals surface area contributed by atoms with Crippen LogP contribution in [0, 0.1) is 23.3 Å². The molecule has 3 nitrogen and oxygen atoms in total. The first kappa shape index (κ1) is 14.8. The van der Waals surface area contributed by atoms with E-state index < -0.39 is 34.9 Å². The lowest BCUT2D eigenvalue weighted by Gasteiger charge is -2.11. The fourth-order valence-corrected chi connectivity index (χ4v) is 1.64. The first-order valence-corrected chi connectivity index (χ1v) is 5.91. The quantitative estimate of drug-likeness (QED) is 0.518. The summed E-state index contributed by atoms with van der Waals surface area (Å²) >= 11 is 0. The van der Waals surface area contributed by atoms with Crippen molar-refractivity contribution in [3.05, 3.63) is 65.2 Å². The molecule has 0 atom stereocenters. The van der Waals surface area contributed by atoms with E-state index >= 15 is 0 Å². The zero-order valence-corrected chi connectivity index (χ0v) is 10.6. The van der Waals surface area contributed by atoms with Gasteiger partial charge in [-0.2, -0.15) is 0 Å². The minimum absolute atomic E-state index is 0.0606. The first-order valence-electron chi connectivity index (χ1n) is 5.91. The highest BCUT2D eigenvalue weighted by atomic mass is 19.2. The molecule has 7 heteroatoms. The van der Waals surface area contributed by atoms with Crippen molar-refractivity contribution in [2.45, 2.75) is 6.42 Å². The Morgan fingerprint density at radius 3 is 2.10 bits per heavy atom. The van der Waals surface area contributed by atoms with Gasteiger partial charge >= 0.3 is 0 Å². The van der Waals surface area contributed by atoms with Crippen molar-refractivity contribution in [1.82, 2.24) is 5.43 Å². The summed E-state index contributed by atoms with van der Waals surface area (Å²) < 4.78 is 52.6. The number of nitrogens with one attached hydrogen (secondary N) is 2. The molecule has 2 aromatic rings. The van der Waals surface area contributed by atoms with Crippen molar-refractivity contribution in [2.75, 3.05) is 5.43 Å². The average Bonchev–Trinajstić information content (AvgIpc) is 2.46. The smallest absolute Gasteiger partial charge is 0.242 e. The highest BCUT2D eigenvalue weighted by Gasteiger charge is 2.19. The molecule has 1 amide bonds. The molecule has 2 rings (SSSR count). The van der Waals surface area contributed by atoms with Crippen LogP contribution in [0.25, 0.3) is 0 Å². The van der Waals surface area contributed by atoms with Gasteiger partial charge in [0.25, 0.3) is 0 Å². The van der Waals surface area contributed by atoms with Crippen LogP contribution in [0.5, 0.6) is 0 Å². The van der Waals surface area contributed by atoms with E-state index in [-0.39, 0.29) is 12.5 Å². The largest absolute Gasteiger partial charge is 0.293 e. The minimum atomic E-state index is -1.62. The summed E-state index contributed by atoms with van der Waals surface area (Å²) in [6.45, 7) is 0. The molecule has 0 bridgehead atoms. The van der Waals surface area contributed by atoms with Gasteiger partial charge in [0.15, 0.2) is 23.3 Å². The fourth-order valence-electron chi connectivity index (χ4n) is 1.64. The number of anilines is 1. The molecular formula is C14H10F4N2O. The number of benzene rings is 2. The minimum Gasteiger partial charge on any atom is -0.293 e. The molecule has 2 aromatic carbocycles. The maximum absolute atomic E-state index is 13.3. The highest BCUT2D eigenvalue weighted by molar-refractivity contribution is 5.79. The summed E-state index contributed by atoms with van der Waals surface area (Å²) in [5.41, 5.74) is 3.42. The third kappa shape index (κ3) is 3.50. The number of carbonyl (C=O) groups is 1. The third-order valence-corrected chi connectivity index (χ3v) is 2.65. The molecule has 0 fully saturated rings. The summed E-state index contributed by atoms with van der Waals surface area (Å²) in [4.78, 5) is 11.6. The van der Waals surface area contributed by atoms with Gasteiger partial charge in [-0.25, -0.2) is 17.6 Å². The Morgan fingerprint density at radius 2 is 1.52 bits per heavy atom. The lowest BCUT2D eigenvalue weighted by Crippen LogP contribution is -2.32. The predicted octanol–water partition coefficient (Wildman–Crippen LogP) is 2.93. The maximum Gasteiger partial charge on any atom is 0.242 e. The molecular weight excluding hydrogens is 288 g/mol. The summed E-state index contributed by atoms with van der Waals surface area (Å²) in [5, 5.41) is 0. The van der Waals surface area contributed by atoms with Gasteiger partial charge in [-0.15, -0.1) is 0 Å². The molecule has 0 spiro atoms. The summed E-state index contributed by atoms with van der Waals surface area (Å²) in [5.74, 6) is -6.98. The van der Waals surface area contributed by atoms with Crippen molar-refractivity contribution >= 4 is 11.6 Å². The maximum atomic E-state index is 13.3. The zero-order valence-electron chi connectivity index (χ0n) is 10.6. The lowest BCUT2D eigenvalue weighted by atomic mass is 10.1. The molecule has 0 aliphatic rings. The molecule has 0 heterocycles. The second-order valence-corrected chi connectivity index (χ2v) is 4.18. The molecule has 0 saturated heterocycles. The second kappa shape index (κ2) is 6.25. The molecule has 0 aliphatic carbocycles. The molecule has 110 valence electrons. The molecule has 21 heavy (non-hydrogen) atoms. The van der Waals surface area contributed by atoms with Crippen LogP contribution in [0.2, 0.25) is 0 Å². The predicted molar refractivity (Wildman–Crippen MR) is 68.2 cm³/mol. The van der Waals surface area contributed by atoms with Crippen LogP contribution in [-0.2, 0) is 11.2 Å². The molecule has 0 radical (unpaired) electrons. The van der Waals surface area contributed by atoms with Crippen LogP contribution < -0.4 is 10.9 Å². The molecule has 0 aliphatic heterocycles. The monoisotopic (exact) mass is 298 g/mol. The number of halogens is 4. The van der Waals surface area contributed by atoms with Crippen LogP contribution in [0.15, 0.2) is 36.4 Å². The SMILES string of the molecule is O=C(Cc1ccccc1)NNc1c(F)c(F)cc(F)c1F. The summed E-state index contributed by atoms with van der Waals surface area (Å²) in [6.07, 6.45) is -0.0606. The van der Waals surface area contributed by atoms with Gasteiger partial charge in [-0.05, 0) is 5.56 Å². The summed E-state index contributed by atoms with van der Waals surface area (Å²) in [6, 6.07) is 8.65. The molecule has 0 saturated carbocycles. The van der Waals surface area contributed by atoms with Crippen LogP contribution >= 0.6 is 0 Å². The Bertz CT molecular complexity index is 636. The Kier molecular flexibility index (Phi) is 4.42. The van der Waals surface area contributed by atoms with Gasteiger partial charge in [0.1, 0.15) is 5.69 Å². The van der Waals surface area contributed by atoms with Gasteiger partial charge in [0.05, 0.1) is 6.42 Å². The fraction of sp³-hybridized carbons (Fsp3) is 0.0714. The van der Waals surface area contributed by atoms with Crippen LogP contribution in [-0.4, -0.2) is 5.91 Å². The Morgan fingerprint density at radius 1 is 0.952 bits per heavy atom. The summed E-state index contributed by atoms with van der Waals surface area (Å²) in [7, 11) is 0. The van der Waals surface area contributed by atoms with E-state index in [1.54, 1.807) is 30.3 Å². The normalized spacial score (nSPS) is 10.3. The van der Waals surface area contributed by atoms with E-state index in [0.717, 1.165) is 0 Å². The van der Waals surface area contributed by atoms with Gasteiger partial charge in [0.2, 0.25) is 5.91 Å². The Hall–Kier alpha value is -2.57. The van der Waals surface area contributed by atoms with E-state index in [1.807, 2.05) is 10.9 Å². The molecule has 2 N–H and O–H groups in total. The number of rotatable bonds is 4. The van der Waals surface area contributed by atoms with Crippen molar-refractivity contribution in [3.8, 4) is 0 Å². The molecule has 0 unspecified atom stereocenters. The standard InChI is InChI=1S/C14H10F4N2O/c15-9-7-10(16)13(18)14(12(9)17)20-19-11(21)6-8-4-2-1-3-5-8/h1-5,7,20H,6H2,(H,19,21). The van der Waals surface area contributed by atoms with Crippen molar-refractivity contribution < 1.29 is 22.4 Å². The number of hydrogen-bond acceptors (Lipinski definition) is 2. The average molecular weight is 298 g/mol. The van der Waals surface area contributed by atoms with E-state index in [1.165, 1.54) is 0 Å². The number of hydrazine groups is 1. The van der Waals surface area contributed by atoms with E-state index in [9.17, 15) is 22.4 Å². The van der Waals surface area contributed by atoms with Crippen molar-refractivity contribution in [1.29, 1.82) is 0 Å². The second-order valence-electron chi connectivity index (χ2n) is 4.18. The van der Waals surface area contributed by atoms with Gasteiger partial charge < -0.3 is 0 Å². The van der Waals surface area contributed by atoms with Crippen LogP contribution in [0.3, 0.4) is 0 Å². The Balaban J connectivity index is 2.05. The Labute approximate surface area is 117 Å². The van der Waals surface area contributed by atoms with Crippen LogP contribution in [0.1, 0.15) is 5.56 Å². The highest BCUT2D eigenvalue weighted by Crippen LogP contribution is 2.23. The van der Waals surface area contributed by atoms with E-state index in [2.05, 4.69) is 0 Å². The van der Waals surface area contributed by atoms with Crippen molar-refractivity contribution in [3.63, 3.8) is 0 Å². The number of amides is 1. The number of hydrogen-bond donors (Lipinski definition) is 2. The van der Waals surface area contributed by atoms with Gasteiger partial charge in [0, 0.05) is 6.07 Å². The van der Waals surface area contributed by atoms with E-state index in [0.29, 0.717) is 5.56 Å². The van der Waals surface area contributed by atoms with Crippen LogP contribution in [0.4, 0.5) is 23.2 Å². The van der Waals surface area contributed by atoms with Gasteiger partial charge in [-0.1, -0.05) is 30.3 Å². The lowest BCUT2D eigenvalue weighted by molar-refractivity contribution is -0.119.